The molecule has 0 spiro atoms. The van der Waals surface area contributed by atoms with E-state index in [1.165, 1.54) is 12.3 Å². The van der Waals surface area contributed by atoms with Gasteiger partial charge in [-0.3, -0.25) is 10.4 Å². The number of ether oxygens (including phenoxy) is 1. The van der Waals surface area contributed by atoms with Gasteiger partial charge in [-0.2, -0.15) is 13.2 Å². The summed E-state index contributed by atoms with van der Waals surface area (Å²) in [6.07, 6.45) is -3.26. The number of nitrogens with one attached hydrogen (secondary N) is 1. The maximum atomic E-state index is 12.7. The number of pyridine rings is 2. The molecule has 2 aromatic rings. The fourth-order valence-corrected chi connectivity index (χ4v) is 1.51. The molecule has 0 amide bonds. The summed E-state index contributed by atoms with van der Waals surface area (Å²) in [4.78, 5) is 7.35. The third-order valence-electron chi connectivity index (χ3n) is 2.54. The van der Waals surface area contributed by atoms with Gasteiger partial charge in [-0.25, -0.2) is 4.98 Å². The number of halogens is 3. The predicted octanol–water partition coefficient (Wildman–Crippen LogP) is 2.88. The minimum absolute atomic E-state index is 0.0245. The third kappa shape index (κ3) is 3.47. The van der Waals surface area contributed by atoms with Gasteiger partial charge in [0.2, 0.25) is 5.88 Å². The molecule has 0 bridgehead atoms. The first kappa shape index (κ1) is 14.8. The molecule has 2 heterocycles. The summed E-state index contributed by atoms with van der Waals surface area (Å²) in [6.45, 7) is 1.76. The summed E-state index contributed by atoms with van der Waals surface area (Å²) in [5, 5.41) is 7.36. The van der Waals surface area contributed by atoms with Crippen molar-refractivity contribution >= 4 is 5.84 Å². The average Bonchev–Trinajstić information content (AvgIpc) is 2.40. The van der Waals surface area contributed by atoms with Crippen LogP contribution in [0, 0.1) is 12.3 Å². The highest BCUT2D eigenvalue weighted by Crippen LogP contribution is 2.31. The van der Waals surface area contributed by atoms with Crippen LogP contribution in [0.15, 0.2) is 30.5 Å². The average molecular weight is 296 g/mol. The van der Waals surface area contributed by atoms with Gasteiger partial charge in [-0.1, -0.05) is 0 Å². The second kappa shape index (κ2) is 5.39. The quantitative estimate of drug-likeness (QED) is 0.673. The zero-order valence-electron chi connectivity index (χ0n) is 10.9. The van der Waals surface area contributed by atoms with Crippen molar-refractivity contribution in [2.24, 2.45) is 5.73 Å². The molecule has 5 nitrogen and oxygen atoms in total. The Balaban J connectivity index is 2.43. The molecule has 0 aromatic carbocycles. The van der Waals surface area contributed by atoms with Gasteiger partial charge in [-0.15, -0.1) is 0 Å². The Morgan fingerprint density at radius 2 is 1.95 bits per heavy atom. The third-order valence-corrected chi connectivity index (χ3v) is 2.54. The summed E-state index contributed by atoms with van der Waals surface area (Å²) < 4.78 is 43.3. The Morgan fingerprint density at radius 1 is 1.24 bits per heavy atom. The van der Waals surface area contributed by atoms with Crippen LogP contribution in [-0.4, -0.2) is 15.8 Å². The van der Waals surface area contributed by atoms with E-state index in [4.69, 9.17) is 15.9 Å². The number of hydrogen-bond acceptors (Lipinski definition) is 4. The molecule has 0 fully saturated rings. The van der Waals surface area contributed by atoms with Crippen LogP contribution in [0.4, 0.5) is 13.2 Å². The standard InChI is InChI=1S/C13H11F3N4O/c1-7-2-3-8(6-19-7)21-12-9(11(17)18)4-5-10(20-12)13(14,15)16/h2-6H,1H3,(H3,17,18). The van der Waals surface area contributed by atoms with E-state index in [0.29, 0.717) is 0 Å². The SMILES string of the molecule is Cc1ccc(Oc2nc(C(F)(F)F)ccc2C(=N)N)cn1. The molecule has 0 aliphatic carbocycles. The van der Waals surface area contributed by atoms with Gasteiger partial charge in [0.25, 0.3) is 0 Å². The second-order valence-electron chi connectivity index (χ2n) is 4.20. The van der Waals surface area contributed by atoms with Crippen molar-refractivity contribution in [2.45, 2.75) is 13.1 Å². The normalized spacial score (nSPS) is 11.2. The van der Waals surface area contributed by atoms with Gasteiger partial charge in [0.15, 0.2) is 0 Å². The first-order valence-corrected chi connectivity index (χ1v) is 5.80. The molecular weight excluding hydrogens is 285 g/mol. The van der Waals surface area contributed by atoms with E-state index in [9.17, 15) is 13.2 Å². The molecule has 110 valence electrons. The van der Waals surface area contributed by atoms with Gasteiger partial charge in [0.05, 0.1) is 11.8 Å². The highest BCUT2D eigenvalue weighted by molar-refractivity contribution is 5.97. The van der Waals surface area contributed by atoms with Crippen molar-refractivity contribution in [3.63, 3.8) is 0 Å². The van der Waals surface area contributed by atoms with Crippen LogP contribution in [0.3, 0.4) is 0 Å². The maximum absolute atomic E-state index is 12.7. The highest BCUT2D eigenvalue weighted by atomic mass is 19.4. The molecule has 0 atom stereocenters. The summed E-state index contributed by atoms with van der Waals surface area (Å²) in [7, 11) is 0. The maximum Gasteiger partial charge on any atom is 0.433 e. The second-order valence-corrected chi connectivity index (χ2v) is 4.20. The van der Waals surface area contributed by atoms with Crippen molar-refractivity contribution in [1.29, 1.82) is 5.41 Å². The molecule has 21 heavy (non-hydrogen) atoms. The number of nitrogen functional groups attached to an aromatic ring is 1. The van der Waals surface area contributed by atoms with Crippen LogP contribution in [0.5, 0.6) is 11.6 Å². The lowest BCUT2D eigenvalue weighted by atomic mass is 10.2. The van der Waals surface area contributed by atoms with Gasteiger partial charge in [-0.05, 0) is 31.2 Å². The van der Waals surface area contributed by atoms with E-state index in [2.05, 4.69) is 9.97 Å². The molecule has 2 aromatic heterocycles. The van der Waals surface area contributed by atoms with Crippen LogP contribution < -0.4 is 10.5 Å². The number of alkyl halides is 3. The zero-order chi connectivity index (χ0) is 15.6. The molecule has 2 rings (SSSR count). The van der Waals surface area contributed by atoms with Crippen molar-refractivity contribution < 1.29 is 17.9 Å². The summed E-state index contributed by atoms with van der Waals surface area (Å²) in [5.74, 6) is -0.621. The summed E-state index contributed by atoms with van der Waals surface area (Å²) >= 11 is 0. The van der Waals surface area contributed by atoms with Crippen molar-refractivity contribution in [1.82, 2.24) is 9.97 Å². The number of rotatable bonds is 3. The first-order valence-electron chi connectivity index (χ1n) is 5.80. The van der Waals surface area contributed by atoms with Crippen LogP contribution >= 0.6 is 0 Å². The fraction of sp³-hybridized carbons (Fsp3) is 0.154. The number of nitrogens with two attached hydrogens (primary N) is 1. The number of amidine groups is 1. The van der Waals surface area contributed by atoms with E-state index in [0.717, 1.165) is 17.8 Å². The Morgan fingerprint density at radius 3 is 2.48 bits per heavy atom. The first-order chi connectivity index (χ1) is 9.77. The number of aromatic nitrogens is 2. The molecule has 0 aliphatic rings. The number of aryl methyl sites for hydroxylation is 1. The van der Waals surface area contributed by atoms with Gasteiger partial charge in [0, 0.05) is 5.69 Å². The number of hydrogen-bond donors (Lipinski definition) is 2. The lowest BCUT2D eigenvalue weighted by Crippen LogP contribution is -2.16. The van der Waals surface area contributed by atoms with Gasteiger partial charge in [0.1, 0.15) is 17.3 Å². The Bertz CT molecular complexity index is 668. The van der Waals surface area contributed by atoms with Crippen LogP contribution in [-0.2, 0) is 6.18 Å². The minimum atomic E-state index is -4.61. The largest absolute Gasteiger partial charge is 0.437 e. The molecule has 0 radical (unpaired) electrons. The van der Waals surface area contributed by atoms with Crippen molar-refractivity contribution in [3.05, 3.63) is 47.4 Å². The molecule has 0 saturated heterocycles. The zero-order valence-corrected chi connectivity index (χ0v) is 10.9. The van der Waals surface area contributed by atoms with E-state index >= 15 is 0 Å². The van der Waals surface area contributed by atoms with E-state index in [1.54, 1.807) is 13.0 Å². The van der Waals surface area contributed by atoms with Crippen LogP contribution in [0.1, 0.15) is 17.0 Å². The molecule has 3 N–H and O–H groups in total. The lowest BCUT2D eigenvalue weighted by Gasteiger charge is -2.12. The summed E-state index contributed by atoms with van der Waals surface area (Å²) in [5.41, 5.74) is 4.90. The Kier molecular flexibility index (Phi) is 3.79. The smallest absolute Gasteiger partial charge is 0.433 e. The highest BCUT2D eigenvalue weighted by Gasteiger charge is 2.33. The minimum Gasteiger partial charge on any atom is -0.437 e. The Hall–Kier alpha value is -2.64. The van der Waals surface area contributed by atoms with E-state index in [-0.39, 0.29) is 17.2 Å². The molecule has 0 aliphatic heterocycles. The van der Waals surface area contributed by atoms with E-state index in [1.807, 2.05) is 0 Å². The van der Waals surface area contributed by atoms with Crippen molar-refractivity contribution in [3.8, 4) is 11.6 Å². The lowest BCUT2D eigenvalue weighted by molar-refractivity contribution is -0.141. The van der Waals surface area contributed by atoms with Crippen molar-refractivity contribution in [2.75, 3.05) is 0 Å². The van der Waals surface area contributed by atoms with E-state index < -0.39 is 17.7 Å². The van der Waals surface area contributed by atoms with Crippen LogP contribution in [0.2, 0.25) is 0 Å². The fourth-order valence-electron chi connectivity index (χ4n) is 1.51. The predicted molar refractivity (Wildman–Crippen MR) is 69.3 cm³/mol. The monoisotopic (exact) mass is 296 g/mol. The number of nitrogens with zero attached hydrogens (tertiary/aromatic N) is 2. The molecule has 0 unspecified atom stereocenters. The molecular formula is C13H11F3N4O. The topological polar surface area (TPSA) is 84.9 Å². The van der Waals surface area contributed by atoms with Crippen LogP contribution in [0.25, 0.3) is 0 Å². The molecule has 8 heteroatoms. The summed E-state index contributed by atoms with van der Waals surface area (Å²) in [6, 6.07) is 4.97. The Labute approximate surface area is 118 Å². The van der Waals surface area contributed by atoms with Gasteiger partial charge >= 0.3 is 6.18 Å². The molecule has 0 saturated carbocycles. The van der Waals surface area contributed by atoms with Gasteiger partial charge < -0.3 is 10.5 Å².